The predicted octanol–water partition coefficient (Wildman–Crippen LogP) is 2.65. The molecule has 0 spiro atoms. The van der Waals surface area contributed by atoms with E-state index >= 15 is 0 Å². The highest BCUT2D eigenvalue weighted by Gasteiger charge is 2.25. The molecule has 2 aliphatic rings. The second-order valence-electron chi connectivity index (χ2n) is 5.11. The predicted molar refractivity (Wildman–Crippen MR) is 69.9 cm³/mol. The highest BCUT2D eigenvalue weighted by molar-refractivity contribution is 5.49. The van der Waals surface area contributed by atoms with Gasteiger partial charge in [0.05, 0.1) is 6.61 Å². The number of nitrogens with one attached hydrogen (secondary N) is 1. The van der Waals surface area contributed by atoms with Crippen molar-refractivity contribution in [1.29, 1.82) is 0 Å². The summed E-state index contributed by atoms with van der Waals surface area (Å²) in [4.78, 5) is 0. The molecular weight excluding hydrogens is 210 g/mol. The van der Waals surface area contributed by atoms with E-state index < -0.39 is 0 Å². The summed E-state index contributed by atoms with van der Waals surface area (Å²) in [5.41, 5.74) is 4.65. The lowest BCUT2D eigenvalue weighted by molar-refractivity contribution is 0.264. The zero-order valence-corrected chi connectivity index (χ0v) is 10.6. The van der Waals surface area contributed by atoms with Gasteiger partial charge in [0, 0.05) is 5.56 Å². The minimum absolute atomic E-state index is 0.715. The van der Waals surface area contributed by atoms with Crippen molar-refractivity contribution in [1.82, 2.24) is 5.32 Å². The molecule has 1 atom stereocenters. The summed E-state index contributed by atoms with van der Waals surface area (Å²) in [6, 6.07) is 4.47. The molecule has 0 amide bonds. The van der Waals surface area contributed by atoms with Crippen LogP contribution in [0.2, 0.25) is 0 Å². The fourth-order valence-corrected chi connectivity index (χ4v) is 3.22. The molecule has 92 valence electrons. The Labute approximate surface area is 103 Å². The van der Waals surface area contributed by atoms with E-state index in [1.165, 1.54) is 36.8 Å². The Hall–Kier alpha value is -1.02. The summed E-state index contributed by atoms with van der Waals surface area (Å²) < 4.78 is 5.84. The van der Waals surface area contributed by atoms with Gasteiger partial charge in [0.25, 0.3) is 0 Å². The number of ether oxygens (including phenoxy) is 1. The first kappa shape index (κ1) is 11.1. The van der Waals surface area contributed by atoms with Crippen LogP contribution in [0.25, 0.3) is 0 Å². The van der Waals surface area contributed by atoms with Gasteiger partial charge < -0.3 is 10.1 Å². The van der Waals surface area contributed by atoms with Crippen LogP contribution >= 0.6 is 0 Å². The molecule has 0 saturated carbocycles. The minimum Gasteiger partial charge on any atom is -0.493 e. The topological polar surface area (TPSA) is 21.3 Å². The van der Waals surface area contributed by atoms with Crippen LogP contribution in [0, 0.1) is 0 Å². The first-order chi connectivity index (χ1) is 8.40. The Kier molecular flexibility index (Phi) is 3.06. The van der Waals surface area contributed by atoms with E-state index in [2.05, 4.69) is 24.4 Å². The Morgan fingerprint density at radius 3 is 3.06 bits per heavy atom. The van der Waals surface area contributed by atoms with Crippen molar-refractivity contribution >= 4 is 0 Å². The van der Waals surface area contributed by atoms with Crippen LogP contribution in [0.1, 0.15) is 42.4 Å². The van der Waals surface area contributed by atoms with Crippen molar-refractivity contribution in [2.45, 2.75) is 38.5 Å². The lowest BCUT2D eigenvalue weighted by Crippen LogP contribution is -2.18. The van der Waals surface area contributed by atoms with Crippen LogP contribution in [-0.2, 0) is 12.8 Å². The van der Waals surface area contributed by atoms with Crippen LogP contribution in [0.4, 0.5) is 0 Å². The van der Waals surface area contributed by atoms with Crippen molar-refractivity contribution in [2.24, 2.45) is 0 Å². The highest BCUT2D eigenvalue weighted by atomic mass is 16.5. The van der Waals surface area contributed by atoms with Crippen LogP contribution in [0.3, 0.4) is 0 Å². The van der Waals surface area contributed by atoms with Gasteiger partial charge in [-0.1, -0.05) is 13.0 Å². The Bertz CT molecular complexity index is 414. The molecule has 1 aromatic carbocycles. The minimum atomic E-state index is 0.715. The fraction of sp³-hybridized carbons (Fsp3) is 0.600. The molecule has 2 heteroatoms. The molecule has 0 saturated heterocycles. The molecule has 3 rings (SSSR count). The standard InChI is InChI=1S/C15H21NO/c1-2-11-7-10-17-14-4-3-12-5-8-16-9-6-13(12)15(11)14/h3-4,11,16H,2,5-10H2,1H3. The summed E-state index contributed by atoms with van der Waals surface area (Å²) in [5, 5.41) is 3.49. The summed E-state index contributed by atoms with van der Waals surface area (Å²) in [6.07, 6.45) is 4.75. The third kappa shape index (κ3) is 1.95. The third-order valence-electron chi connectivity index (χ3n) is 4.16. The van der Waals surface area contributed by atoms with Gasteiger partial charge in [0.15, 0.2) is 0 Å². The van der Waals surface area contributed by atoms with Gasteiger partial charge in [-0.25, -0.2) is 0 Å². The van der Waals surface area contributed by atoms with E-state index in [4.69, 9.17) is 4.74 Å². The summed E-state index contributed by atoms with van der Waals surface area (Å²) in [6.45, 7) is 5.42. The van der Waals surface area contributed by atoms with E-state index in [1.54, 1.807) is 5.56 Å². The molecule has 1 unspecified atom stereocenters. The van der Waals surface area contributed by atoms with Crippen molar-refractivity contribution in [2.75, 3.05) is 19.7 Å². The van der Waals surface area contributed by atoms with Gasteiger partial charge in [0.2, 0.25) is 0 Å². The van der Waals surface area contributed by atoms with E-state index in [1.807, 2.05) is 0 Å². The quantitative estimate of drug-likeness (QED) is 0.802. The summed E-state index contributed by atoms with van der Waals surface area (Å²) in [7, 11) is 0. The summed E-state index contributed by atoms with van der Waals surface area (Å²) in [5.74, 6) is 1.87. The second-order valence-corrected chi connectivity index (χ2v) is 5.11. The summed E-state index contributed by atoms with van der Waals surface area (Å²) >= 11 is 0. The van der Waals surface area contributed by atoms with E-state index in [0.717, 1.165) is 25.4 Å². The average molecular weight is 231 g/mol. The third-order valence-corrected chi connectivity index (χ3v) is 4.16. The van der Waals surface area contributed by atoms with E-state index in [0.29, 0.717) is 5.92 Å². The largest absolute Gasteiger partial charge is 0.493 e. The van der Waals surface area contributed by atoms with Crippen molar-refractivity contribution in [3.63, 3.8) is 0 Å². The highest BCUT2D eigenvalue weighted by Crippen LogP contribution is 2.40. The second kappa shape index (κ2) is 4.69. The van der Waals surface area contributed by atoms with E-state index in [-0.39, 0.29) is 0 Å². The lowest BCUT2D eigenvalue weighted by Gasteiger charge is -2.28. The molecule has 0 radical (unpaired) electrons. The van der Waals surface area contributed by atoms with Crippen molar-refractivity contribution in [3.05, 3.63) is 28.8 Å². The molecule has 0 aromatic heterocycles. The molecule has 1 aromatic rings. The van der Waals surface area contributed by atoms with Gasteiger partial charge in [-0.2, -0.15) is 0 Å². The average Bonchev–Trinajstić information content (AvgIpc) is 2.62. The fourth-order valence-electron chi connectivity index (χ4n) is 3.22. The van der Waals surface area contributed by atoms with Gasteiger partial charge in [-0.05, 0) is 61.9 Å². The Balaban J connectivity index is 2.10. The molecule has 0 fully saturated rings. The normalized spacial score (nSPS) is 23.2. The van der Waals surface area contributed by atoms with Crippen LogP contribution < -0.4 is 10.1 Å². The van der Waals surface area contributed by atoms with Crippen molar-refractivity contribution < 1.29 is 4.74 Å². The first-order valence-corrected chi connectivity index (χ1v) is 6.88. The molecule has 0 aliphatic carbocycles. The molecule has 2 heterocycles. The zero-order valence-electron chi connectivity index (χ0n) is 10.6. The van der Waals surface area contributed by atoms with Gasteiger partial charge in [-0.15, -0.1) is 0 Å². The van der Waals surface area contributed by atoms with Gasteiger partial charge in [-0.3, -0.25) is 0 Å². The Morgan fingerprint density at radius 1 is 1.29 bits per heavy atom. The maximum Gasteiger partial charge on any atom is 0.123 e. The molecule has 2 nitrogen and oxygen atoms in total. The Morgan fingerprint density at radius 2 is 2.18 bits per heavy atom. The number of fused-ring (bicyclic) bond motifs is 3. The maximum absolute atomic E-state index is 5.84. The molecular formula is C15H21NO. The molecule has 0 bridgehead atoms. The monoisotopic (exact) mass is 231 g/mol. The zero-order chi connectivity index (χ0) is 11.7. The van der Waals surface area contributed by atoms with Crippen LogP contribution in [0.5, 0.6) is 5.75 Å². The SMILES string of the molecule is CCC1CCOc2ccc3c(c21)CCNCC3. The number of rotatable bonds is 1. The maximum atomic E-state index is 5.84. The first-order valence-electron chi connectivity index (χ1n) is 6.88. The smallest absolute Gasteiger partial charge is 0.123 e. The van der Waals surface area contributed by atoms with Gasteiger partial charge in [0.1, 0.15) is 5.75 Å². The number of benzene rings is 1. The lowest BCUT2D eigenvalue weighted by atomic mass is 9.84. The van der Waals surface area contributed by atoms with Gasteiger partial charge >= 0.3 is 0 Å². The molecule has 1 N–H and O–H groups in total. The van der Waals surface area contributed by atoms with Crippen molar-refractivity contribution in [3.8, 4) is 5.75 Å². The number of hydrogen-bond acceptors (Lipinski definition) is 2. The number of hydrogen-bond donors (Lipinski definition) is 1. The van der Waals surface area contributed by atoms with Crippen LogP contribution in [-0.4, -0.2) is 19.7 Å². The van der Waals surface area contributed by atoms with Crippen LogP contribution in [0.15, 0.2) is 12.1 Å². The molecule has 2 aliphatic heterocycles. The van der Waals surface area contributed by atoms with E-state index in [9.17, 15) is 0 Å². The molecule has 17 heavy (non-hydrogen) atoms.